The minimum atomic E-state index is -0.513. The number of thiophene rings is 1. The number of benzene rings is 2. The second-order valence-corrected chi connectivity index (χ2v) is 10.1. The van der Waals surface area contributed by atoms with Gasteiger partial charge in [-0.25, -0.2) is 18.7 Å². The quantitative estimate of drug-likeness (QED) is 0.299. The average molecular weight is 506 g/mol. The number of nitrogens with zero attached hydrogens (tertiary/aromatic N) is 5. The van der Waals surface area contributed by atoms with Crippen molar-refractivity contribution < 1.29 is 8.78 Å². The molecule has 5 aromatic rings. The SMILES string of the molecule is CC(C)(CN)c1ccc(F)cc1-c1cccc2cc(-c3nc(NCCn4ccnn4)ncc3F)sc12. The molecule has 3 N–H and O–H groups in total. The van der Waals surface area contributed by atoms with Gasteiger partial charge in [-0.2, -0.15) is 0 Å². The van der Waals surface area contributed by atoms with Crippen LogP contribution in [-0.4, -0.2) is 38.1 Å². The molecular weight excluding hydrogens is 480 g/mol. The minimum Gasteiger partial charge on any atom is -0.352 e. The lowest BCUT2D eigenvalue weighted by Crippen LogP contribution is -2.28. The molecule has 7 nitrogen and oxygen atoms in total. The first kappa shape index (κ1) is 24.0. The number of hydrogen-bond acceptors (Lipinski definition) is 7. The van der Waals surface area contributed by atoms with Crippen LogP contribution in [0.2, 0.25) is 0 Å². The summed E-state index contributed by atoms with van der Waals surface area (Å²) >= 11 is 1.42. The first-order chi connectivity index (χ1) is 17.4. The van der Waals surface area contributed by atoms with E-state index in [0.29, 0.717) is 30.5 Å². The Balaban J connectivity index is 1.53. The van der Waals surface area contributed by atoms with Crippen LogP contribution in [0.15, 0.2) is 61.1 Å². The Morgan fingerprint density at radius 2 is 1.97 bits per heavy atom. The topological polar surface area (TPSA) is 94.5 Å². The van der Waals surface area contributed by atoms with Gasteiger partial charge in [0, 0.05) is 29.4 Å². The van der Waals surface area contributed by atoms with E-state index in [0.717, 1.165) is 26.8 Å². The minimum absolute atomic E-state index is 0.210. The summed E-state index contributed by atoms with van der Waals surface area (Å²) in [5, 5.41) is 11.7. The van der Waals surface area contributed by atoms with Crippen LogP contribution in [0.5, 0.6) is 0 Å². The van der Waals surface area contributed by atoms with Gasteiger partial charge < -0.3 is 11.1 Å². The van der Waals surface area contributed by atoms with E-state index in [1.807, 2.05) is 38.1 Å². The molecule has 0 atom stereocenters. The molecule has 0 aliphatic rings. The summed E-state index contributed by atoms with van der Waals surface area (Å²) in [7, 11) is 0. The molecule has 0 aliphatic heterocycles. The molecule has 0 aliphatic carbocycles. The smallest absolute Gasteiger partial charge is 0.223 e. The van der Waals surface area contributed by atoms with Gasteiger partial charge >= 0.3 is 0 Å². The number of aromatic nitrogens is 5. The number of nitrogens with one attached hydrogen (secondary N) is 1. The number of rotatable bonds is 8. The second-order valence-electron chi connectivity index (χ2n) is 9.10. The Morgan fingerprint density at radius 3 is 2.75 bits per heavy atom. The molecule has 0 saturated carbocycles. The van der Waals surface area contributed by atoms with Crippen LogP contribution in [0, 0.1) is 11.6 Å². The number of anilines is 1. The van der Waals surface area contributed by atoms with Crippen LogP contribution < -0.4 is 11.1 Å². The zero-order valence-corrected chi connectivity index (χ0v) is 20.7. The Labute approximate surface area is 211 Å². The summed E-state index contributed by atoms with van der Waals surface area (Å²) in [6.45, 7) is 5.56. The van der Waals surface area contributed by atoms with Crippen molar-refractivity contribution in [1.82, 2.24) is 25.0 Å². The predicted octanol–water partition coefficient (Wildman–Crippen LogP) is 5.24. The van der Waals surface area contributed by atoms with Gasteiger partial charge in [0.1, 0.15) is 11.5 Å². The zero-order valence-electron chi connectivity index (χ0n) is 19.9. The summed E-state index contributed by atoms with van der Waals surface area (Å²) < 4.78 is 31.8. The van der Waals surface area contributed by atoms with E-state index in [4.69, 9.17) is 5.73 Å². The fraction of sp³-hybridized carbons (Fsp3) is 0.231. The standard InChI is InChI=1S/C26H25F2N7S/c1-26(2,15-29)20-7-6-17(27)13-19(20)18-5-3-4-16-12-22(36-24(16)18)23-21(28)14-31-25(33-23)30-8-10-35-11-9-32-34-35/h3-7,9,11-14H,8,10,15,29H2,1-2H3,(H,30,31,33). The van der Waals surface area contributed by atoms with Gasteiger partial charge in [0.15, 0.2) is 5.82 Å². The van der Waals surface area contributed by atoms with Gasteiger partial charge in [-0.05, 0) is 40.3 Å². The molecule has 3 heterocycles. The van der Waals surface area contributed by atoms with E-state index in [1.54, 1.807) is 29.2 Å². The third kappa shape index (κ3) is 4.69. The molecule has 184 valence electrons. The van der Waals surface area contributed by atoms with E-state index in [-0.39, 0.29) is 16.9 Å². The maximum absolute atomic E-state index is 14.8. The number of fused-ring (bicyclic) bond motifs is 1. The molecule has 0 fully saturated rings. The normalized spacial score (nSPS) is 11.8. The maximum atomic E-state index is 14.8. The van der Waals surface area contributed by atoms with Crippen molar-refractivity contribution in [3.63, 3.8) is 0 Å². The monoisotopic (exact) mass is 505 g/mol. The van der Waals surface area contributed by atoms with Crippen LogP contribution >= 0.6 is 11.3 Å². The van der Waals surface area contributed by atoms with Gasteiger partial charge in [-0.1, -0.05) is 43.3 Å². The molecule has 0 spiro atoms. The van der Waals surface area contributed by atoms with Crippen molar-refractivity contribution in [2.45, 2.75) is 25.8 Å². The maximum Gasteiger partial charge on any atom is 0.223 e. The molecule has 5 rings (SSSR count). The van der Waals surface area contributed by atoms with E-state index in [1.165, 1.54) is 23.6 Å². The lowest BCUT2D eigenvalue weighted by Gasteiger charge is -2.26. The van der Waals surface area contributed by atoms with Crippen LogP contribution in [0.3, 0.4) is 0 Å². The Bertz CT molecular complexity index is 1510. The molecule has 0 radical (unpaired) electrons. The lowest BCUT2D eigenvalue weighted by molar-refractivity contribution is 0.538. The molecule has 10 heteroatoms. The van der Waals surface area contributed by atoms with Gasteiger partial charge in [0.05, 0.1) is 23.8 Å². The molecule has 3 aromatic heterocycles. The number of halogens is 2. The Morgan fingerprint density at radius 1 is 1.11 bits per heavy atom. The van der Waals surface area contributed by atoms with Crippen LogP contribution in [0.4, 0.5) is 14.7 Å². The number of nitrogens with two attached hydrogens (primary N) is 1. The predicted molar refractivity (Wildman–Crippen MR) is 139 cm³/mol. The van der Waals surface area contributed by atoms with Gasteiger partial charge in [0.2, 0.25) is 5.95 Å². The summed E-state index contributed by atoms with van der Waals surface area (Å²) in [5.74, 6) is -0.513. The van der Waals surface area contributed by atoms with E-state index in [2.05, 4.69) is 25.6 Å². The summed E-state index contributed by atoms with van der Waals surface area (Å²) in [5.41, 5.74) is 8.52. The molecule has 36 heavy (non-hydrogen) atoms. The highest BCUT2D eigenvalue weighted by Gasteiger charge is 2.24. The van der Waals surface area contributed by atoms with E-state index >= 15 is 0 Å². The first-order valence-corrected chi connectivity index (χ1v) is 12.3. The third-order valence-electron chi connectivity index (χ3n) is 6.13. The largest absolute Gasteiger partial charge is 0.352 e. The van der Waals surface area contributed by atoms with Crippen LogP contribution in [0.25, 0.3) is 31.8 Å². The first-order valence-electron chi connectivity index (χ1n) is 11.5. The highest BCUT2D eigenvalue weighted by atomic mass is 32.1. The fourth-order valence-electron chi connectivity index (χ4n) is 4.09. The third-order valence-corrected chi connectivity index (χ3v) is 7.32. The number of hydrogen-bond donors (Lipinski definition) is 2. The molecule has 0 unspecified atom stereocenters. The average Bonchev–Trinajstić information content (AvgIpc) is 3.54. The van der Waals surface area contributed by atoms with Crippen molar-refractivity contribution in [3.8, 4) is 21.7 Å². The zero-order chi connectivity index (χ0) is 25.3. The van der Waals surface area contributed by atoms with E-state index in [9.17, 15) is 8.78 Å². The van der Waals surface area contributed by atoms with Crippen molar-refractivity contribution in [3.05, 3.63) is 78.3 Å². The van der Waals surface area contributed by atoms with Crippen molar-refractivity contribution >= 4 is 27.4 Å². The summed E-state index contributed by atoms with van der Waals surface area (Å²) in [6, 6.07) is 12.6. The lowest BCUT2D eigenvalue weighted by atomic mass is 9.80. The van der Waals surface area contributed by atoms with Crippen molar-refractivity contribution in [1.29, 1.82) is 0 Å². The van der Waals surface area contributed by atoms with Gasteiger partial charge in [0.25, 0.3) is 0 Å². The fourth-order valence-corrected chi connectivity index (χ4v) is 5.27. The van der Waals surface area contributed by atoms with Gasteiger partial charge in [-0.3, -0.25) is 4.68 Å². The Kier molecular flexibility index (Phi) is 6.46. The second kappa shape index (κ2) is 9.71. The van der Waals surface area contributed by atoms with Crippen molar-refractivity contribution in [2.75, 3.05) is 18.4 Å². The van der Waals surface area contributed by atoms with Crippen molar-refractivity contribution in [2.24, 2.45) is 5.73 Å². The molecule has 0 saturated heterocycles. The molecule has 0 bridgehead atoms. The molecule has 2 aromatic carbocycles. The summed E-state index contributed by atoms with van der Waals surface area (Å²) in [6.07, 6.45) is 4.53. The van der Waals surface area contributed by atoms with E-state index < -0.39 is 5.82 Å². The van der Waals surface area contributed by atoms with Gasteiger partial charge in [-0.15, -0.1) is 16.4 Å². The molecule has 0 amide bonds. The highest BCUT2D eigenvalue weighted by Crippen LogP contribution is 2.42. The van der Waals surface area contributed by atoms with Crippen LogP contribution in [0.1, 0.15) is 19.4 Å². The Hall–Kier alpha value is -3.76. The summed E-state index contributed by atoms with van der Waals surface area (Å²) in [4.78, 5) is 9.16. The highest BCUT2D eigenvalue weighted by molar-refractivity contribution is 7.22. The van der Waals surface area contributed by atoms with Crippen LogP contribution in [-0.2, 0) is 12.0 Å². The molecular formula is C26H25F2N7S.